The van der Waals surface area contributed by atoms with Crippen LogP contribution in [0.5, 0.6) is 0 Å². The van der Waals surface area contributed by atoms with E-state index in [1.54, 1.807) is 19.1 Å². The summed E-state index contributed by atoms with van der Waals surface area (Å²) < 4.78 is 0. The maximum Gasteiger partial charge on any atom is 0.156 e. The lowest BCUT2D eigenvalue weighted by atomic mass is 10.1. The van der Waals surface area contributed by atoms with Crippen molar-refractivity contribution >= 4 is 29.4 Å². The van der Waals surface area contributed by atoms with Crippen LogP contribution in [-0.2, 0) is 0 Å². The molecule has 2 aromatic rings. The maximum atomic E-state index is 11.1. The molecule has 0 spiro atoms. The molecule has 0 aliphatic carbocycles. The highest BCUT2D eigenvalue weighted by Gasteiger charge is 2.12. The number of carbonyl (C=O) groups excluding carboxylic acids is 1. The van der Waals surface area contributed by atoms with Crippen LogP contribution in [0.1, 0.15) is 27.3 Å². The SMILES string of the molecule is Cc1nc(Cl)c(C=O)c(Nc2cc(C#N)ccc2C)n1. The van der Waals surface area contributed by atoms with Gasteiger partial charge in [0.05, 0.1) is 17.2 Å². The molecule has 0 fully saturated rings. The van der Waals surface area contributed by atoms with Crippen LogP contribution in [0.3, 0.4) is 0 Å². The molecule has 20 heavy (non-hydrogen) atoms. The first-order chi connectivity index (χ1) is 9.55. The zero-order chi connectivity index (χ0) is 14.7. The summed E-state index contributed by atoms with van der Waals surface area (Å²) in [5, 5.41) is 12.1. The Hall–Kier alpha value is -2.45. The van der Waals surface area contributed by atoms with Gasteiger partial charge in [0.2, 0.25) is 0 Å². The quantitative estimate of drug-likeness (QED) is 0.692. The van der Waals surface area contributed by atoms with E-state index in [1.165, 1.54) is 0 Å². The van der Waals surface area contributed by atoms with Crippen molar-refractivity contribution in [3.05, 3.63) is 45.9 Å². The highest BCUT2D eigenvalue weighted by molar-refractivity contribution is 6.32. The second-order valence-electron chi connectivity index (χ2n) is 4.21. The van der Waals surface area contributed by atoms with Crippen molar-refractivity contribution in [1.29, 1.82) is 5.26 Å². The molecule has 0 bridgehead atoms. The van der Waals surface area contributed by atoms with Gasteiger partial charge in [-0.2, -0.15) is 5.26 Å². The van der Waals surface area contributed by atoms with Gasteiger partial charge in [0.15, 0.2) is 6.29 Å². The molecule has 6 heteroatoms. The highest BCUT2D eigenvalue weighted by Crippen LogP contribution is 2.25. The number of rotatable bonds is 3. The monoisotopic (exact) mass is 286 g/mol. The standard InChI is InChI=1S/C14H11ClN4O/c1-8-3-4-10(6-16)5-12(8)19-14-11(7-20)13(15)17-9(2)18-14/h3-5,7H,1-2H3,(H,17,18,19). The number of nitrogens with zero attached hydrogens (tertiary/aromatic N) is 3. The molecule has 0 unspecified atom stereocenters. The van der Waals surface area contributed by atoms with Crippen molar-refractivity contribution in [3.8, 4) is 6.07 Å². The Morgan fingerprint density at radius 1 is 1.35 bits per heavy atom. The number of anilines is 2. The Morgan fingerprint density at radius 3 is 2.75 bits per heavy atom. The fourth-order valence-corrected chi connectivity index (χ4v) is 1.96. The summed E-state index contributed by atoms with van der Waals surface area (Å²) in [6, 6.07) is 7.29. The minimum Gasteiger partial charge on any atom is -0.339 e. The number of aldehydes is 1. The summed E-state index contributed by atoms with van der Waals surface area (Å²) in [4.78, 5) is 19.2. The van der Waals surface area contributed by atoms with Crippen LogP contribution >= 0.6 is 11.6 Å². The third kappa shape index (κ3) is 2.76. The average Bonchev–Trinajstić information content (AvgIpc) is 2.41. The van der Waals surface area contributed by atoms with E-state index in [0.29, 0.717) is 29.2 Å². The Bertz CT molecular complexity index is 722. The van der Waals surface area contributed by atoms with Crippen LogP contribution in [0.15, 0.2) is 18.2 Å². The number of benzene rings is 1. The Labute approximate surface area is 121 Å². The van der Waals surface area contributed by atoms with E-state index in [2.05, 4.69) is 21.4 Å². The topological polar surface area (TPSA) is 78.7 Å². The second kappa shape index (κ2) is 5.68. The fraction of sp³-hybridized carbons (Fsp3) is 0.143. The highest BCUT2D eigenvalue weighted by atomic mass is 35.5. The number of hydrogen-bond acceptors (Lipinski definition) is 5. The zero-order valence-corrected chi connectivity index (χ0v) is 11.7. The van der Waals surface area contributed by atoms with Gasteiger partial charge in [-0.1, -0.05) is 17.7 Å². The lowest BCUT2D eigenvalue weighted by Gasteiger charge is -2.12. The number of nitrogens with one attached hydrogen (secondary N) is 1. The van der Waals surface area contributed by atoms with E-state index in [0.717, 1.165) is 5.56 Å². The van der Waals surface area contributed by atoms with Gasteiger partial charge in [-0.15, -0.1) is 0 Å². The van der Waals surface area contributed by atoms with Crippen LogP contribution in [0.25, 0.3) is 0 Å². The van der Waals surface area contributed by atoms with Crippen LogP contribution < -0.4 is 5.32 Å². The minimum absolute atomic E-state index is 0.101. The van der Waals surface area contributed by atoms with Crippen molar-refractivity contribution in [2.45, 2.75) is 13.8 Å². The molecule has 0 atom stereocenters. The zero-order valence-electron chi connectivity index (χ0n) is 10.9. The molecule has 1 N–H and O–H groups in total. The number of hydrogen-bond donors (Lipinski definition) is 1. The first kappa shape index (κ1) is 14.0. The van der Waals surface area contributed by atoms with Crippen LogP contribution in [-0.4, -0.2) is 16.3 Å². The molecule has 5 nitrogen and oxygen atoms in total. The van der Waals surface area contributed by atoms with Gasteiger partial charge >= 0.3 is 0 Å². The molecule has 1 aromatic heterocycles. The third-order valence-corrected chi connectivity index (χ3v) is 3.04. The molecule has 0 aliphatic heterocycles. The predicted molar refractivity (Wildman–Crippen MR) is 76.3 cm³/mol. The van der Waals surface area contributed by atoms with Crippen molar-refractivity contribution in [2.24, 2.45) is 0 Å². The Kier molecular flexibility index (Phi) is 3.97. The lowest BCUT2D eigenvalue weighted by Crippen LogP contribution is -2.04. The van der Waals surface area contributed by atoms with Gasteiger partial charge in [0.1, 0.15) is 16.8 Å². The van der Waals surface area contributed by atoms with Crippen molar-refractivity contribution < 1.29 is 4.79 Å². The average molecular weight is 287 g/mol. The van der Waals surface area contributed by atoms with Crippen LogP contribution in [0.2, 0.25) is 5.15 Å². The molecule has 2 rings (SSSR count). The van der Waals surface area contributed by atoms with E-state index < -0.39 is 0 Å². The van der Waals surface area contributed by atoms with Crippen molar-refractivity contribution in [2.75, 3.05) is 5.32 Å². The summed E-state index contributed by atoms with van der Waals surface area (Å²) in [6.45, 7) is 3.57. The maximum absolute atomic E-state index is 11.1. The first-order valence-corrected chi connectivity index (χ1v) is 6.20. The van der Waals surface area contributed by atoms with Crippen molar-refractivity contribution in [3.63, 3.8) is 0 Å². The molecular formula is C14H11ClN4O. The molecule has 1 heterocycles. The lowest BCUT2D eigenvalue weighted by molar-refractivity contribution is 0.112. The van der Waals surface area contributed by atoms with E-state index in [1.807, 2.05) is 13.0 Å². The summed E-state index contributed by atoms with van der Waals surface area (Å²) in [5.74, 6) is 0.785. The number of nitriles is 1. The Balaban J connectivity index is 2.50. The van der Waals surface area contributed by atoms with E-state index in [-0.39, 0.29) is 10.7 Å². The molecule has 0 saturated carbocycles. The normalized spacial score (nSPS) is 9.90. The van der Waals surface area contributed by atoms with Gasteiger partial charge in [-0.3, -0.25) is 4.79 Å². The van der Waals surface area contributed by atoms with Crippen molar-refractivity contribution in [1.82, 2.24) is 9.97 Å². The number of halogens is 1. The van der Waals surface area contributed by atoms with E-state index >= 15 is 0 Å². The smallest absolute Gasteiger partial charge is 0.156 e. The van der Waals surface area contributed by atoms with Gasteiger partial charge in [0, 0.05) is 5.69 Å². The largest absolute Gasteiger partial charge is 0.339 e. The van der Waals surface area contributed by atoms with Gasteiger partial charge in [-0.05, 0) is 31.5 Å². The van der Waals surface area contributed by atoms with Gasteiger partial charge in [0.25, 0.3) is 0 Å². The molecule has 0 radical (unpaired) electrons. The molecule has 100 valence electrons. The fourth-order valence-electron chi connectivity index (χ4n) is 1.70. The number of aromatic nitrogens is 2. The van der Waals surface area contributed by atoms with E-state index in [4.69, 9.17) is 16.9 Å². The number of carbonyl (C=O) groups is 1. The summed E-state index contributed by atoms with van der Waals surface area (Å²) >= 11 is 5.92. The summed E-state index contributed by atoms with van der Waals surface area (Å²) in [7, 11) is 0. The Morgan fingerprint density at radius 2 is 2.10 bits per heavy atom. The van der Waals surface area contributed by atoms with Gasteiger partial charge < -0.3 is 5.32 Å². The second-order valence-corrected chi connectivity index (χ2v) is 4.57. The molecule has 0 aliphatic rings. The number of aryl methyl sites for hydroxylation is 2. The third-order valence-electron chi connectivity index (χ3n) is 2.75. The van der Waals surface area contributed by atoms with E-state index in [9.17, 15) is 4.79 Å². The first-order valence-electron chi connectivity index (χ1n) is 5.82. The van der Waals surface area contributed by atoms with Crippen LogP contribution in [0.4, 0.5) is 11.5 Å². The summed E-state index contributed by atoms with van der Waals surface area (Å²) in [5.41, 5.74) is 2.33. The van der Waals surface area contributed by atoms with Gasteiger partial charge in [-0.25, -0.2) is 9.97 Å². The molecule has 0 amide bonds. The van der Waals surface area contributed by atoms with Crippen LogP contribution in [0, 0.1) is 25.2 Å². The minimum atomic E-state index is 0.101. The summed E-state index contributed by atoms with van der Waals surface area (Å²) in [6.07, 6.45) is 0.605. The molecular weight excluding hydrogens is 276 g/mol. The molecule has 1 aromatic carbocycles. The predicted octanol–water partition coefficient (Wildman–Crippen LogP) is 3.17. The molecule has 0 saturated heterocycles.